The molecule has 32 heavy (non-hydrogen) atoms. The third-order valence-corrected chi connectivity index (χ3v) is 7.31. The van der Waals surface area contributed by atoms with Crippen molar-refractivity contribution in [1.29, 1.82) is 0 Å². The van der Waals surface area contributed by atoms with E-state index in [0.717, 1.165) is 6.07 Å². The highest BCUT2D eigenvalue weighted by molar-refractivity contribution is 7.89. The fourth-order valence-electron chi connectivity index (χ4n) is 3.43. The van der Waals surface area contributed by atoms with Crippen LogP contribution in [-0.4, -0.2) is 47.7 Å². The Labute approximate surface area is 184 Å². The lowest BCUT2D eigenvalue weighted by Crippen LogP contribution is -2.48. The monoisotopic (exact) mass is 462 g/mol. The molecule has 170 valence electrons. The molecule has 2 aromatic rings. The lowest BCUT2D eigenvalue weighted by Gasteiger charge is -2.30. The molecule has 3 N–H and O–H groups in total. The number of nitro groups is 1. The molecule has 1 fully saturated rings. The van der Waals surface area contributed by atoms with Crippen LogP contribution in [-0.2, 0) is 14.8 Å². The number of hydrazine groups is 1. The molecular formula is C20H22N4O7S. The van der Waals surface area contributed by atoms with Crippen LogP contribution in [0.4, 0.5) is 5.69 Å². The Morgan fingerprint density at radius 2 is 1.78 bits per heavy atom. The fourth-order valence-corrected chi connectivity index (χ4v) is 5.15. The van der Waals surface area contributed by atoms with Gasteiger partial charge < -0.3 is 5.11 Å². The van der Waals surface area contributed by atoms with Crippen LogP contribution in [0.2, 0.25) is 0 Å². The van der Waals surface area contributed by atoms with E-state index in [1.165, 1.54) is 28.6 Å². The van der Waals surface area contributed by atoms with E-state index in [1.807, 2.05) is 0 Å². The van der Waals surface area contributed by atoms with Crippen molar-refractivity contribution in [3.63, 3.8) is 0 Å². The summed E-state index contributed by atoms with van der Waals surface area (Å²) < 4.78 is 27.2. The van der Waals surface area contributed by atoms with Gasteiger partial charge in [-0.15, -0.1) is 0 Å². The molecule has 3 rings (SSSR count). The van der Waals surface area contributed by atoms with Crippen molar-refractivity contribution in [1.82, 2.24) is 15.2 Å². The summed E-state index contributed by atoms with van der Waals surface area (Å²) >= 11 is 0. The third-order valence-electron chi connectivity index (χ3n) is 5.27. The first-order chi connectivity index (χ1) is 15.1. The molecule has 1 aliphatic rings. The predicted octanol–water partition coefficient (Wildman–Crippen LogP) is 1.47. The van der Waals surface area contributed by atoms with Gasteiger partial charge in [-0.05, 0) is 37.5 Å². The predicted molar refractivity (Wildman–Crippen MR) is 113 cm³/mol. The van der Waals surface area contributed by atoms with Crippen LogP contribution in [0.3, 0.4) is 0 Å². The summed E-state index contributed by atoms with van der Waals surface area (Å²) in [6.45, 7) is 1.66. The number of para-hydroxylation sites is 1. The average Bonchev–Trinajstić information content (AvgIpc) is 2.77. The normalized spacial score (nSPS) is 15.2. The lowest BCUT2D eigenvalue weighted by atomic mass is 9.98. The summed E-state index contributed by atoms with van der Waals surface area (Å²) in [5.74, 6) is -1.92. The SMILES string of the molecule is Cc1ccc([N+](=O)[O-])cc1S(=O)(=O)N1CCC(C(=O)NNC(=O)c2ccccc2O)CC1. The molecule has 0 unspecified atom stereocenters. The van der Waals surface area contributed by atoms with Gasteiger partial charge in [0.1, 0.15) is 5.75 Å². The number of non-ortho nitro benzene ring substituents is 1. The third kappa shape index (κ3) is 4.86. The highest BCUT2D eigenvalue weighted by Gasteiger charge is 2.33. The Kier molecular flexibility index (Phi) is 6.75. The van der Waals surface area contributed by atoms with E-state index in [1.54, 1.807) is 19.1 Å². The minimum atomic E-state index is -3.96. The maximum Gasteiger partial charge on any atom is 0.273 e. The minimum absolute atomic E-state index is 0.000960. The second-order valence-electron chi connectivity index (χ2n) is 7.35. The number of amides is 2. The van der Waals surface area contributed by atoms with Gasteiger partial charge in [0.05, 0.1) is 15.4 Å². The Bertz CT molecular complexity index is 1160. The van der Waals surface area contributed by atoms with Gasteiger partial charge >= 0.3 is 0 Å². The van der Waals surface area contributed by atoms with Crippen LogP contribution >= 0.6 is 0 Å². The molecule has 0 aromatic heterocycles. The van der Waals surface area contributed by atoms with Crippen molar-refractivity contribution in [3.8, 4) is 5.75 Å². The number of hydrogen-bond donors (Lipinski definition) is 3. The second-order valence-corrected chi connectivity index (χ2v) is 9.25. The van der Waals surface area contributed by atoms with Crippen molar-refractivity contribution >= 4 is 27.5 Å². The van der Waals surface area contributed by atoms with E-state index >= 15 is 0 Å². The maximum absolute atomic E-state index is 13.0. The zero-order valence-electron chi connectivity index (χ0n) is 17.1. The highest BCUT2D eigenvalue weighted by Crippen LogP contribution is 2.28. The van der Waals surface area contributed by atoms with Crippen LogP contribution in [0.25, 0.3) is 0 Å². The number of phenolic OH excluding ortho intramolecular Hbond substituents is 1. The van der Waals surface area contributed by atoms with Gasteiger partial charge in [-0.2, -0.15) is 4.31 Å². The smallest absolute Gasteiger partial charge is 0.273 e. The van der Waals surface area contributed by atoms with Crippen LogP contribution in [0, 0.1) is 23.0 Å². The van der Waals surface area contributed by atoms with Crippen LogP contribution in [0.5, 0.6) is 5.75 Å². The summed E-state index contributed by atoms with van der Waals surface area (Å²) in [6, 6.07) is 9.54. The average molecular weight is 462 g/mol. The molecule has 0 aliphatic carbocycles. The molecule has 2 amide bonds. The number of sulfonamides is 1. The van der Waals surface area contributed by atoms with E-state index < -0.39 is 32.7 Å². The zero-order chi connectivity index (χ0) is 23.5. The Morgan fingerprint density at radius 3 is 2.41 bits per heavy atom. The van der Waals surface area contributed by atoms with Gasteiger partial charge in [0.15, 0.2) is 0 Å². The number of piperidine rings is 1. The quantitative estimate of drug-likeness (QED) is 0.448. The maximum atomic E-state index is 13.0. The van der Waals surface area contributed by atoms with Crippen LogP contribution < -0.4 is 10.9 Å². The number of nitrogens with zero attached hydrogens (tertiary/aromatic N) is 2. The largest absolute Gasteiger partial charge is 0.507 e. The van der Waals surface area contributed by atoms with Gasteiger partial charge in [0, 0.05) is 31.1 Å². The first kappa shape index (κ1) is 23.2. The molecule has 0 saturated carbocycles. The minimum Gasteiger partial charge on any atom is -0.507 e. The van der Waals surface area contributed by atoms with Crippen molar-refractivity contribution in [3.05, 3.63) is 63.7 Å². The van der Waals surface area contributed by atoms with Crippen molar-refractivity contribution in [2.24, 2.45) is 5.92 Å². The molecule has 0 bridgehead atoms. The summed E-state index contributed by atoms with van der Waals surface area (Å²) in [5.41, 5.74) is 4.61. The second kappa shape index (κ2) is 9.32. The van der Waals surface area contributed by atoms with Gasteiger partial charge in [0.25, 0.3) is 11.6 Å². The van der Waals surface area contributed by atoms with Crippen molar-refractivity contribution in [2.45, 2.75) is 24.7 Å². The van der Waals surface area contributed by atoms with Crippen molar-refractivity contribution < 1.29 is 28.0 Å². The molecule has 1 heterocycles. The topological polar surface area (TPSA) is 159 Å². The van der Waals surface area contributed by atoms with Crippen LogP contribution in [0.15, 0.2) is 47.4 Å². The number of nitro benzene ring substituents is 1. The van der Waals surface area contributed by atoms with E-state index in [-0.39, 0.29) is 47.8 Å². The zero-order valence-corrected chi connectivity index (χ0v) is 18.0. The Balaban J connectivity index is 1.60. The number of aromatic hydroxyl groups is 1. The highest BCUT2D eigenvalue weighted by atomic mass is 32.2. The number of aryl methyl sites for hydroxylation is 1. The van der Waals surface area contributed by atoms with Gasteiger partial charge in [-0.3, -0.25) is 30.6 Å². The lowest BCUT2D eigenvalue weighted by molar-refractivity contribution is -0.385. The van der Waals surface area contributed by atoms with E-state index in [4.69, 9.17) is 0 Å². The van der Waals surface area contributed by atoms with E-state index in [9.17, 15) is 33.2 Å². The Hall–Kier alpha value is -3.51. The summed E-state index contributed by atoms with van der Waals surface area (Å²) in [7, 11) is -3.96. The Morgan fingerprint density at radius 1 is 1.12 bits per heavy atom. The molecular weight excluding hydrogens is 440 g/mol. The standard InChI is InChI=1S/C20H22N4O7S/c1-13-6-7-15(24(28)29)12-18(13)32(30,31)23-10-8-14(9-11-23)19(26)21-22-20(27)16-4-2-3-5-17(16)25/h2-7,12,14,25H,8-11H2,1H3,(H,21,26)(H,22,27). The van der Waals surface area contributed by atoms with Gasteiger partial charge in [-0.1, -0.05) is 18.2 Å². The molecule has 1 aliphatic heterocycles. The number of rotatable bonds is 5. The van der Waals surface area contributed by atoms with Crippen LogP contribution in [0.1, 0.15) is 28.8 Å². The molecule has 0 atom stereocenters. The number of nitrogens with one attached hydrogen (secondary N) is 2. The molecule has 11 nitrogen and oxygen atoms in total. The van der Waals surface area contributed by atoms with Gasteiger partial charge in [0.2, 0.25) is 15.9 Å². The number of benzene rings is 2. The molecule has 2 aromatic carbocycles. The van der Waals surface area contributed by atoms with Crippen molar-refractivity contribution in [2.75, 3.05) is 13.1 Å². The number of phenols is 1. The first-order valence-electron chi connectivity index (χ1n) is 9.74. The summed E-state index contributed by atoms with van der Waals surface area (Å²) in [4.78, 5) is 34.7. The first-order valence-corrected chi connectivity index (χ1v) is 11.2. The summed E-state index contributed by atoms with van der Waals surface area (Å²) in [5, 5.41) is 20.7. The van der Waals surface area contributed by atoms with E-state index in [2.05, 4.69) is 10.9 Å². The van der Waals surface area contributed by atoms with E-state index in [0.29, 0.717) is 5.56 Å². The number of carbonyl (C=O) groups excluding carboxylic acids is 2. The fraction of sp³-hybridized carbons (Fsp3) is 0.300. The summed E-state index contributed by atoms with van der Waals surface area (Å²) in [6.07, 6.45) is 0.428. The number of carbonyl (C=O) groups is 2. The molecule has 12 heteroatoms. The number of hydrogen-bond acceptors (Lipinski definition) is 7. The molecule has 0 spiro atoms. The molecule has 1 saturated heterocycles. The molecule has 0 radical (unpaired) electrons. The van der Waals surface area contributed by atoms with Gasteiger partial charge in [-0.25, -0.2) is 8.42 Å².